The molecule has 144 valence electrons. The molecule has 1 amide bonds. The molecule has 28 heavy (non-hydrogen) atoms. The lowest BCUT2D eigenvalue weighted by atomic mass is 10.1. The molecule has 4 rings (SSSR count). The van der Waals surface area contributed by atoms with Crippen LogP contribution in [-0.4, -0.2) is 29.3 Å². The van der Waals surface area contributed by atoms with Gasteiger partial charge in [-0.1, -0.05) is 6.07 Å². The Bertz CT molecular complexity index is 1000. The van der Waals surface area contributed by atoms with Gasteiger partial charge in [-0.3, -0.25) is 9.48 Å². The fourth-order valence-electron chi connectivity index (χ4n) is 3.36. The van der Waals surface area contributed by atoms with Crippen molar-refractivity contribution in [3.8, 4) is 5.75 Å². The summed E-state index contributed by atoms with van der Waals surface area (Å²) in [6, 6.07) is 15.4. The molecule has 2 aromatic carbocycles. The van der Waals surface area contributed by atoms with E-state index < -0.39 is 0 Å². The molecule has 7 heteroatoms. The summed E-state index contributed by atoms with van der Waals surface area (Å²) >= 11 is 0. The number of fused-ring (bicyclic) bond motifs is 1. The molecule has 0 aliphatic carbocycles. The van der Waals surface area contributed by atoms with E-state index in [4.69, 9.17) is 4.74 Å². The average Bonchev–Trinajstić information content (AvgIpc) is 3.15. The number of anilines is 2. The van der Waals surface area contributed by atoms with E-state index in [0.717, 1.165) is 17.1 Å². The number of hydrogen-bond donors (Lipinski definition) is 1. The van der Waals surface area contributed by atoms with Crippen molar-refractivity contribution in [2.45, 2.75) is 19.5 Å². The maximum absolute atomic E-state index is 13.2. The van der Waals surface area contributed by atoms with Crippen molar-refractivity contribution in [3.63, 3.8) is 0 Å². The fraction of sp³-hybridized carbons (Fsp3) is 0.238. The molecule has 1 aliphatic heterocycles. The maximum Gasteiger partial charge on any atom is 0.276 e. The van der Waals surface area contributed by atoms with Crippen LogP contribution in [0.15, 0.2) is 54.6 Å². The van der Waals surface area contributed by atoms with Crippen molar-refractivity contribution in [1.29, 1.82) is 0 Å². The van der Waals surface area contributed by atoms with E-state index in [1.54, 1.807) is 28.8 Å². The lowest BCUT2D eigenvalue weighted by Crippen LogP contribution is -2.42. The molecule has 1 unspecified atom stereocenters. The van der Waals surface area contributed by atoms with Crippen LogP contribution in [0, 0.1) is 5.82 Å². The average molecular weight is 380 g/mol. The molecule has 3 aromatic rings. The highest BCUT2D eigenvalue weighted by Crippen LogP contribution is 2.27. The Morgan fingerprint density at radius 3 is 2.75 bits per heavy atom. The molecule has 1 aromatic heterocycles. The number of rotatable bonds is 5. The number of nitrogens with one attached hydrogen (secondary N) is 1. The summed E-state index contributed by atoms with van der Waals surface area (Å²) in [6.07, 6.45) is 0. The van der Waals surface area contributed by atoms with Crippen LogP contribution in [0.3, 0.4) is 0 Å². The SMILES string of the molecule is COc1cccc(NCc2cc3n(n2)C(C)CN(c2ccc(F)cc2)C3=O)c1. The molecular formula is C21H21FN4O2. The lowest BCUT2D eigenvalue weighted by Gasteiger charge is -2.31. The van der Waals surface area contributed by atoms with Crippen LogP contribution in [0.5, 0.6) is 5.75 Å². The van der Waals surface area contributed by atoms with Gasteiger partial charge < -0.3 is 15.0 Å². The molecule has 2 heterocycles. The maximum atomic E-state index is 13.2. The van der Waals surface area contributed by atoms with E-state index in [1.807, 2.05) is 37.3 Å². The lowest BCUT2D eigenvalue weighted by molar-refractivity contribution is 0.0953. The minimum atomic E-state index is -0.322. The highest BCUT2D eigenvalue weighted by molar-refractivity contribution is 6.05. The van der Waals surface area contributed by atoms with Crippen molar-refractivity contribution < 1.29 is 13.9 Å². The number of benzene rings is 2. The van der Waals surface area contributed by atoms with Crippen molar-refractivity contribution in [3.05, 3.63) is 71.8 Å². The van der Waals surface area contributed by atoms with Gasteiger partial charge in [0.2, 0.25) is 0 Å². The second-order valence-electron chi connectivity index (χ2n) is 6.79. The predicted octanol–water partition coefficient (Wildman–Crippen LogP) is 3.86. The molecule has 1 N–H and O–H groups in total. The summed E-state index contributed by atoms with van der Waals surface area (Å²) in [5, 5.41) is 7.90. The number of amides is 1. The minimum Gasteiger partial charge on any atom is -0.497 e. The Balaban J connectivity index is 1.54. The highest BCUT2D eigenvalue weighted by atomic mass is 19.1. The summed E-state index contributed by atoms with van der Waals surface area (Å²) < 4.78 is 20.2. The third-order valence-corrected chi connectivity index (χ3v) is 4.80. The first-order valence-electron chi connectivity index (χ1n) is 9.09. The number of carbonyl (C=O) groups excluding carboxylic acids is 1. The van der Waals surface area contributed by atoms with Gasteiger partial charge in [0, 0.05) is 24.0 Å². The summed E-state index contributed by atoms with van der Waals surface area (Å²) in [6.45, 7) is 2.99. The Labute approximate surface area is 162 Å². The van der Waals surface area contributed by atoms with Gasteiger partial charge in [-0.05, 0) is 49.4 Å². The van der Waals surface area contributed by atoms with E-state index >= 15 is 0 Å². The largest absolute Gasteiger partial charge is 0.497 e. The van der Waals surface area contributed by atoms with Gasteiger partial charge >= 0.3 is 0 Å². The van der Waals surface area contributed by atoms with Crippen LogP contribution in [0.1, 0.15) is 29.1 Å². The number of halogens is 1. The van der Waals surface area contributed by atoms with Crippen LogP contribution in [0.2, 0.25) is 0 Å². The Morgan fingerprint density at radius 1 is 1.21 bits per heavy atom. The third-order valence-electron chi connectivity index (χ3n) is 4.80. The summed E-state index contributed by atoms with van der Waals surface area (Å²) in [5.41, 5.74) is 2.91. The minimum absolute atomic E-state index is 0.0170. The quantitative estimate of drug-likeness (QED) is 0.730. The smallest absolute Gasteiger partial charge is 0.276 e. The first-order chi connectivity index (χ1) is 13.5. The van der Waals surface area contributed by atoms with Crippen LogP contribution in [0.4, 0.5) is 15.8 Å². The second-order valence-corrected chi connectivity index (χ2v) is 6.79. The van der Waals surface area contributed by atoms with Crippen LogP contribution in [-0.2, 0) is 6.54 Å². The van der Waals surface area contributed by atoms with Crippen molar-refractivity contribution in [1.82, 2.24) is 9.78 Å². The van der Waals surface area contributed by atoms with E-state index in [0.29, 0.717) is 24.5 Å². The molecule has 0 bridgehead atoms. The molecule has 0 radical (unpaired) electrons. The number of methoxy groups -OCH3 is 1. The van der Waals surface area contributed by atoms with Crippen LogP contribution < -0.4 is 15.0 Å². The third kappa shape index (κ3) is 3.43. The normalized spacial score (nSPS) is 16.0. The molecule has 0 saturated heterocycles. The number of hydrogen-bond acceptors (Lipinski definition) is 4. The zero-order chi connectivity index (χ0) is 19.7. The van der Waals surface area contributed by atoms with Gasteiger partial charge in [-0.2, -0.15) is 5.10 Å². The predicted molar refractivity (Wildman–Crippen MR) is 105 cm³/mol. The fourth-order valence-corrected chi connectivity index (χ4v) is 3.36. The molecule has 6 nitrogen and oxygen atoms in total. The zero-order valence-corrected chi connectivity index (χ0v) is 15.7. The summed E-state index contributed by atoms with van der Waals surface area (Å²) in [5.74, 6) is 0.315. The van der Waals surface area contributed by atoms with Gasteiger partial charge in [0.1, 0.15) is 17.3 Å². The summed E-state index contributed by atoms with van der Waals surface area (Å²) in [4.78, 5) is 14.6. The van der Waals surface area contributed by atoms with Crippen molar-refractivity contribution in [2.24, 2.45) is 0 Å². The van der Waals surface area contributed by atoms with Gasteiger partial charge in [0.15, 0.2) is 0 Å². The van der Waals surface area contributed by atoms with E-state index in [9.17, 15) is 9.18 Å². The van der Waals surface area contributed by atoms with Gasteiger partial charge in [0.05, 0.1) is 25.4 Å². The standard InChI is InChI=1S/C21H21FN4O2/c1-14-13-25(18-8-6-15(22)7-9-18)21(27)20-11-17(24-26(14)20)12-23-16-4-3-5-19(10-16)28-2/h3-11,14,23H,12-13H2,1-2H3. The van der Waals surface area contributed by atoms with Crippen molar-refractivity contribution >= 4 is 17.3 Å². The molecule has 0 spiro atoms. The molecule has 0 fully saturated rings. The van der Waals surface area contributed by atoms with Gasteiger partial charge in [0.25, 0.3) is 5.91 Å². The second kappa shape index (κ2) is 7.34. The summed E-state index contributed by atoms with van der Waals surface area (Å²) in [7, 11) is 1.63. The number of ether oxygens (including phenoxy) is 1. The number of aromatic nitrogens is 2. The first-order valence-corrected chi connectivity index (χ1v) is 9.09. The topological polar surface area (TPSA) is 59.4 Å². The monoisotopic (exact) mass is 380 g/mol. The molecular weight excluding hydrogens is 359 g/mol. The van der Waals surface area contributed by atoms with Gasteiger partial charge in [-0.15, -0.1) is 0 Å². The van der Waals surface area contributed by atoms with Crippen molar-refractivity contribution in [2.75, 3.05) is 23.9 Å². The first kappa shape index (κ1) is 18.0. The van der Waals surface area contributed by atoms with E-state index in [1.165, 1.54) is 12.1 Å². The molecule has 1 aliphatic rings. The van der Waals surface area contributed by atoms with E-state index in [2.05, 4.69) is 10.4 Å². The van der Waals surface area contributed by atoms with Crippen LogP contribution in [0.25, 0.3) is 0 Å². The number of carbonyl (C=O) groups is 1. The molecule has 0 saturated carbocycles. The Hall–Kier alpha value is -3.35. The highest BCUT2D eigenvalue weighted by Gasteiger charge is 2.31. The Morgan fingerprint density at radius 2 is 2.00 bits per heavy atom. The van der Waals surface area contributed by atoms with Crippen LogP contribution >= 0.6 is 0 Å². The Kier molecular flexibility index (Phi) is 4.73. The molecule has 1 atom stereocenters. The zero-order valence-electron chi connectivity index (χ0n) is 15.7. The number of nitrogens with zero attached hydrogens (tertiary/aromatic N) is 3. The van der Waals surface area contributed by atoms with E-state index in [-0.39, 0.29) is 17.8 Å². The van der Waals surface area contributed by atoms with Gasteiger partial charge in [-0.25, -0.2) is 4.39 Å².